The van der Waals surface area contributed by atoms with Crippen LogP contribution >= 0.6 is 0 Å². The summed E-state index contributed by atoms with van der Waals surface area (Å²) in [6.45, 7) is 6.84. The number of nitrogens with one attached hydrogen (secondary N) is 1. The lowest BCUT2D eigenvalue weighted by Gasteiger charge is -2.35. The van der Waals surface area contributed by atoms with Gasteiger partial charge in [0.2, 0.25) is 5.91 Å². The number of rotatable bonds is 6. The van der Waals surface area contributed by atoms with Crippen LogP contribution in [0.4, 0.5) is 0 Å². The van der Waals surface area contributed by atoms with Gasteiger partial charge in [0.05, 0.1) is 31.8 Å². The third-order valence-corrected chi connectivity index (χ3v) is 5.13. The van der Waals surface area contributed by atoms with Crippen LogP contribution in [0.3, 0.4) is 0 Å². The van der Waals surface area contributed by atoms with Crippen molar-refractivity contribution in [2.45, 2.75) is 44.8 Å². The third kappa shape index (κ3) is 5.53. The van der Waals surface area contributed by atoms with Gasteiger partial charge >= 0.3 is 0 Å². The Morgan fingerprint density at radius 1 is 1.20 bits per heavy atom. The van der Waals surface area contributed by atoms with Crippen LogP contribution in [-0.2, 0) is 14.3 Å². The molecule has 5 heteroatoms. The second-order valence-corrected chi connectivity index (χ2v) is 7.07. The molecule has 0 aromatic heterocycles. The minimum atomic E-state index is 0.0926. The summed E-state index contributed by atoms with van der Waals surface area (Å²) in [6.07, 6.45) is 3.85. The first-order chi connectivity index (χ1) is 12.2. The summed E-state index contributed by atoms with van der Waals surface area (Å²) < 4.78 is 11.2. The maximum absolute atomic E-state index is 12.3. The lowest BCUT2D eigenvalue weighted by atomic mass is 10.0. The molecule has 2 saturated heterocycles. The topological polar surface area (TPSA) is 50.8 Å². The van der Waals surface area contributed by atoms with Crippen LogP contribution in [0.15, 0.2) is 24.3 Å². The van der Waals surface area contributed by atoms with Crippen molar-refractivity contribution in [1.82, 2.24) is 10.2 Å². The average Bonchev–Trinajstić information content (AvgIpc) is 2.65. The van der Waals surface area contributed by atoms with Gasteiger partial charge in [-0.1, -0.05) is 29.8 Å². The van der Waals surface area contributed by atoms with E-state index in [4.69, 9.17) is 9.47 Å². The zero-order chi connectivity index (χ0) is 17.5. The molecule has 2 heterocycles. The molecular weight excluding hydrogens is 316 g/mol. The fourth-order valence-corrected chi connectivity index (χ4v) is 3.59. The van der Waals surface area contributed by atoms with Crippen LogP contribution in [0.2, 0.25) is 0 Å². The van der Waals surface area contributed by atoms with Gasteiger partial charge in [0, 0.05) is 26.2 Å². The van der Waals surface area contributed by atoms with E-state index in [2.05, 4.69) is 41.4 Å². The summed E-state index contributed by atoms with van der Waals surface area (Å²) in [7, 11) is 0. The van der Waals surface area contributed by atoms with Gasteiger partial charge in [-0.15, -0.1) is 0 Å². The van der Waals surface area contributed by atoms with Crippen LogP contribution < -0.4 is 5.32 Å². The second-order valence-electron chi connectivity index (χ2n) is 7.07. The Bertz CT molecular complexity index is 534. The average molecular weight is 346 g/mol. The van der Waals surface area contributed by atoms with Gasteiger partial charge in [-0.05, 0) is 31.7 Å². The van der Waals surface area contributed by atoms with Crippen LogP contribution in [0.1, 0.15) is 42.9 Å². The summed E-state index contributed by atoms with van der Waals surface area (Å²) in [5.74, 6) is 0.0947. The Morgan fingerprint density at radius 2 is 1.96 bits per heavy atom. The summed E-state index contributed by atoms with van der Waals surface area (Å²) in [5.41, 5.74) is 2.50. The maximum Gasteiger partial charge on any atom is 0.222 e. The Labute approximate surface area is 150 Å². The molecule has 2 aliphatic heterocycles. The van der Waals surface area contributed by atoms with Gasteiger partial charge in [0.1, 0.15) is 0 Å². The van der Waals surface area contributed by atoms with Crippen LogP contribution in [0.5, 0.6) is 0 Å². The summed E-state index contributed by atoms with van der Waals surface area (Å²) in [6, 6.07) is 8.82. The first-order valence-electron chi connectivity index (χ1n) is 9.49. The van der Waals surface area contributed by atoms with Gasteiger partial charge in [0.25, 0.3) is 0 Å². The third-order valence-electron chi connectivity index (χ3n) is 5.13. The second kappa shape index (κ2) is 9.32. The Morgan fingerprint density at radius 3 is 2.64 bits per heavy atom. The summed E-state index contributed by atoms with van der Waals surface area (Å²) in [4.78, 5) is 14.8. The van der Waals surface area contributed by atoms with E-state index in [0.29, 0.717) is 13.0 Å². The fraction of sp³-hybridized carbons (Fsp3) is 0.650. The van der Waals surface area contributed by atoms with Crippen LogP contribution in [0.25, 0.3) is 0 Å². The highest BCUT2D eigenvalue weighted by Gasteiger charge is 2.24. The minimum Gasteiger partial charge on any atom is -0.379 e. The molecule has 0 saturated carbocycles. The number of carbonyl (C=O) groups excluding carboxylic acids is 1. The van der Waals surface area contributed by atoms with E-state index in [9.17, 15) is 4.79 Å². The number of nitrogens with zero attached hydrogens (tertiary/aromatic N) is 1. The summed E-state index contributed by atoms with van der Waals surface area (Å²) >= 11 is 0. The van der Waals surface area contributed by atoms with E-state index in [1.54, 1.807) is 0 Å². The first-order valence-corrected chi connectivity index (χ1v) is 9.49. The number of carbonyl (C=O) groups is 1. The zero-order valence-electron chi connectivity index (χ0n) is 15.2. The van der Waals surface area contributed by atoms with Crippen LogP contribution in [-0.4, -0.2) is 56.4 Å². The Balaban J connectivity index is 1.58. The number of aryl methyl sites for hydroxylation is 1. The van der Waals surface area contributed by atoms with Gasteiger partial charge in [-0.3, -0.25) is 9.69 Å². The fourth-order valence-electron chi connectivity index (χ4n) is 3.59. The molecule has 3 rings (SSSR count). The molecule has 2 aliphatic rings. The van der Waals surface area contributed by atoms with Crippen LogP contribution in [0, 0.1) is 6.92 Å². The molecule has 1 aromatic carbocycles. The van der Waals surface area contributed by atoms with Gasteiger partial charge in [-0.25, -0.2) is 0 Å². The van der Waals surface area contributed by atoms with Gasteiger partial charge < -0.3 is 14.8 Å². The Hall–Kier alpha value is -1.43. The standard InChI is InChI=1S/C20H30N2O3/c1-16-5-7-17(8-6-16)19(22-9-12-24-13-10-22)15-21-20(23)14-18-4-2-3-11-25-18/h5-8,18-19H,2-4,9-15H2,1H3,(H,21,23). The molecule has 1 aromatic rings. The SMILES string of the molecule is Cc1ccc(C(CNC(=O)CC2CCCCO2)N2CCOCC2)cc1. The molecule has 2 fully saturated rings. The quantitative estimate of drug-likeness (QED) is 0.860. The highest BCUT2D eigenvalue weighted by Crippen LogP contribution is 2.22. The number of ether oxygens (including phenoxy) is 2. The molecule has 1 N–H and O–H groups in total. The number of hydrogen-bond donors (Lipinski definition) is 1. The molecule has 25 heavy (non-hydrogen) atoms. The number of amides is 1. The normalized spacial score (nSPS) is 23.2. The molecule has 0 radical (unpaired) electrons. The lowest BCUT2D eigenvalue weighted by molar-refractivity contribution is -0.125. The molecule has 2 unspecified atom stereocenters. The molecule has 0 bridgehead atoms. The molecule has 1 amide bonds. The predicted molar refractivity (Wildman–Crippen MR) is 97.5 cm³/mol. The molecule has 2 atom stereocenters. The van der Waals surface area contributed by atoms with E-state index in [1.165, 1.54) is 11.1 Å². The van der Waals surface area contributed by atoms with Crippen molar-refractivity contribution in [2.75, 3.05) is 39.5 Å². The number of morpholine rings is 1. The smallest absolute Gasteiger partial charge is 0.222 e. The minimum absolute atomic E-state index is 0.0926. The van der Waals surface area contributed by atoms with E-state index in [0.717, 1.165) is 52.2 Å². The number of hydrogen-bond acceptors (Lipinski definition) is 4. The van der Waals surface area contributed by atoms with E-state index >= 15 is 0 Å². The van der Waals surface area contributed by atoms with Crippen molar-refractivity contribution in [3.63, 3.8) is 0 Å². The summed E-state index contributed by atoms with van der Waals surface area (Å²) in [5, 5.41) is 3.14. The van der Waals surface area contributed by atoms with Crippen molar-refractivity contribution in [3.05, 3.63) is 35.4 Å². The number of benzene rings is 1. The molecule has 5 nitrogen and oxygen atoms in total. The monoisotopic (exact) mass is 346 g/mol. The van der Waals surface area contributed by atoms with Crippen molar-refractivity contribution in [2.24, 2.45) is 0 Å². The van der Waals surface area contributed by atoms with Gasteiger partial charge in [0.15, 0.2) is 0 Å². The maximum atomic E-state index is 12.3. The lowest BCUT2D eigenvalue weighted by Crippen LogP contribution is -2.44. The van der Waals surface area contributed by atoms with Crippen molar-refractivity contribution in [3.8, 4) is 0 Å². The molecule has 138 valence electrons. The molecule has 0 spiro atoms. The highest BCUT2D eigenvalue weighted by molar-refractivity contribution is 5.76. The largest absolute Gasteiger partial charge is 0.379 e. The molecule has 0 aliphatic carbocycles. The zero-order valence-corrected chi connectivity index (χ0v) is 15.2. The predicted octanol–water partition coefficient (Wildman–Crippen LogP) is 2.44. The van der Waals surface area contributed by atoms with Crippen molar-refractivity contribution < 1.29 is 14.3 Å². The molecular formula is C20H30N2O3. The van der Waals surface area contributed by atoms with Crippen molar-refractivity contribution >= 4 is 5.91 Å². The van der Waals surface area contributed by atoms with E-state index in [1.807, 2.05) is 0 Å². The van der Waals surface area contributed by atoms with E-state index in [-0.39, 0.29) is 18.1 Å². The Kier molecular flexibility index (Phi) is 6.84. The first kappa shape index (κ1) is 18.4. The van der Waals surface area contributed by atoms with Gasteiger partial charge in [-0.2, -0.15) is 0 Å². The van der Waals surface area contributed by atoms with E-state index < -0.39 is 0 Å². The highest BCUT2D eigenvalue weighted by atomic mass is 16.5. The van der Waals surface area contributed by atoms with Crippen molar-refractivity contribution in [1.29, 1.82) is 0 Å².